The summed E-state index contributed by atoms with van der Waals surface area (Å²) in [6.07, 6.45) is 10.4. The lowest BCUT2D eigenvalue weighted by Gasteiger charge is -2.42. The summed E-state index contributed by atoms with van der Waals surface area (Å²) in [5.41, 5.74) is 3.13. The molecule has 1 fully saturated rings. The molecular weight excluding hydrogens is 488 g/mol. The van der Waals surface area contributed by atoms with Gasteiger partial charge in [-0.15, -0.1) is 0 Å². The quantitative estimate of drug-likeness (QED) is 0.492. The molecule has 2 N–H and O–H groups in total. The smallest absolute Gasteiger partial charge is 0.257 e. The summed E-state index contributed by atoms with van der Waals surface area (Å²) in [6.45, 7) is 7.63. The molecule has 0 unspecified atom stereocenters. The minimum atomic E-state index is -0.546. The van der Waals surface area contributed by atoms with Crippen LogP contribution < -0.4 is 15.4 Å². The summed E-state index contributed by atoms with van der Waals surface area (Å²) in [4.78, 5) is 28.7. The van der Waals surface area contributed by atoms with Crippen molar-refractivity contribution in [2.24, 2.45) is 5.41 Å². The van der Waals surface area contributed by atoms with Crippen molar-refractivity contribution in [2.75, 3.05) is 26.7 Å². The van der Waals surface area contributed by atoms with Crippen molar-refractivity contribution in [3.05, 3.63) is 101 Å². The standard InChI is InChI=1S/C32H36N4O3/c1-23-18-29(39-3)27(21-33)19-28(23)30(37)35-24(2)36-16-14-32(15-17-36,20-25-10-6-4-7-11-25)31(38)34-22-26-12-8-5-9-13-26/h4,6-8,10-13,18-19H,2,5,9,14-17,20,22H2,1,3H3,(H,34,38)(H,35,37). The first kappa shape index (κ1) is 27.7. The highest BCUT2D eigenvalue weighted by molar-refractivity contribution is 5.97. The lowest BCUT2D eigenvalue weighted by molar-refractivity contribution is -0.133. The number of likely N-dealkylation sites (tertiary alicyclic amines) is 1. The second-order valence-corrected chi connectivity index (χ2v) is 10.3. The fourth-order valence-electron chi connectivity index (χ4n) is 5.30. The topological polar surface area (TPSA) is 94.5 Å². The van der Waals surface area contributed by atoms with Crippen LogP contribution in [0.3, 0.4) is 0 Å². The molecule has 4 rings (SSSR count). The molecule has 2 aromatic carbocycles. The molecule has 2 aromatic rings. The highest BCUT2D eigenvalue weighted by atomic mass is 16.5. The van der Waals surface area contributed by atoms with Crippen molar-refractivity contribution in [3.8, 4) is 11.8 Å². The number of nitriles is 1. The number of hydrogen-bond acceptors (Lipinski definition) is 5. The van der Waals surface area contributed by atoms with E-state index >= 15 is 0 Å². The van der Waals surface area contributed by atoms with E-state index in [9.17, 15) is 14.9 Å². The number of allylic oxidation sites excluding steroid dienone is 2. The van der Waals surface area contributed by atoms with Gasteiger partial charge in [0.05, 0.1) is 18.1 Å². The van der Waals surface area contributed by atoms with Gasteiger partial charge in [0.2, 0.25) is 5.91 Å². The van der Waals surface area contributed by atoms with Crippen molar-refractivity contribution >= 4 is 11.8 Å². The lowest BCUT2D eigenvalue weighted by atomic mass is 9.73. The maximum absolute atomic E-state index is 13.6. The number of carbonyl (C=O) groups is 2. The normalized spacial score (nSPS) is 16.0. The maximum atomic E-state index is 13.6. The molecule has 1 aliphatic heterocycles. The number of carbonyl (C=O) groups excluding carboxylic acids is 2. The zero-order valence-electron chi connectivity index (χ0n) is 22.8. The molecule has 0 atom stereocenters. The molecule has 0 saturated carbocycles. The minimum Gasteiger partial charge on any atom is -0.495 e. The molecule has 39 heavy (non-hydrogen) atoms. The predicted molar refractivity (Wildman–Crippen MR) is 152 cm³/mol. The highest BCUT2D eigenvalue weighted by Gasteiger charge is 2.41. The number of piperidine rings is 1. The van der Waals surface area contributed by atoms with Gasteiger partial charge in [0.25, 0.3) is 5.91 Å². The van der Waals surface area contributed by atoms with E-state index in [0.29, 0.717) is 67.2 Å². The summed E-state index contributed by atoms with van der Waals surface area (Å²) in [7, 11) is 1.50. The van der Waals surface area contributed by atoms with Gasteiger partial charge in [0.15, 0.2) is 0 Å². The number of rotatable bonds is 9. The summed E-state index contributed by atoms with van der Waals surface area (Å²) < 4.78 is 5.24. The molecule has 1 heterocycles. The van der Waals surface area contributed by atoms with Gasteiger partial charge >= 0.3 is 0 Å². The third-order valence-corrected chi connectivity index (χ3v) is 7.66. The van der Waals surface area contributed by atoms with E-state index in [2.05, 4.69) is 53.6 Å². The molecule has 7 heteroatoms. The van der Waals surface area contributed by atoms with E-state index in [-0.39, 0.29) is 11.8 Å². The Morgan fingerprint density at radius 1 is 1.15 bits per heavy atom. The van der Waals surface area contributed by atoms with E-state index in [1.807, 2.05) is 23.1 Å². The fraction of sp³-hybridized carbons (Fsp3) is 0.344. The predicted octanol–water partition coefficient (Wildman–Crippen LogP) is 4.79. The number of nitrogens with zero attached hydrogens (tertiary/aromatic N) is 2. The van der Waals surface area contributed by atoms with E-state index in [0.717, 1.165) is 24.0 Å². The number of amides is 2. The Hall–Kier alpha value is -4.31. The summed E-state index contributed by atoms with van der Waals surface area (Å²) in [6, 6.07) is 15.4. The number of hydrogen-bond donors (Lipinski definition) is 2. The van der Waals surface area contributed by atoms with Gasteiger partial charge in [-0.3, -0.25) is 9.59 Å². The van der Waals surface area contributed by atoms with Gasteiger partial charge < -0.3 is 20.3 Å². The minimum absolute atomic E-state index is 0.0680. The van der Waals surface area contributed by atoms with Gasteiger partial charge in [0, 0.05) is 25.2 Å². The first-order valence-electron chi connectivity index (χ1n) is 13.4. The summed E-state index contributed by atoms with van der Waals surface area (Å²) in [5, 5.41) is 15.5. The maximum Gasteiger partial charge on any atom is 0.257 e. The SMILES string of the molecule is C=C(NC(=O)c1cc(C#N)c(OC)cc1C)N1CCC(Cc2ccccc2)(C(=O)NCC2=CCCC=C2)CC1. The molecule has 202 valence electrons. The molecule has 2 aliphatic rings. The molecule has 0 radical (unpaired) electrons. The van der Waals surface area contributed by atoms with Crippen LogP contribution in [0, 0.1) is 23.7 Å². The number of ether oxygens (including phenoxy) is 1. The van der Waals surface area contributed by atoms with Crippen molar-refractivity contribution in [2.45, 2.75) is 39.0 Å². The van der Waals surface area contributed by atoms with Crippen LogP contribution in [-0.4, -0.2) is 43.5 Å². The van der Waals surface area contributed by atoms with Gasteiger partial charge in [-0.2, -0.15) is 5.26 Å². The molecule has 2 amide bonds. The average Bonchev–Trinajstić information content (AvgIpc) is 2.97. The lowest BCUT2D eigenvalue weighted by Crippen LogP contribution is -2.51. The largest absolute Gasteiger partial charge is 0.495 e. The van der Waals surface area contributed by atoms with Crippen molar-refractivity contribution in [1.82, 2.24) is 15.5 Å². The monoisotopic (exact) mass is 524 g/mol. The molecule has 1 saturated heterocycles. The van der Waals surface area contributed by atoms with E-state index in [1.165, 1.54) is 7.11 Å². The van der Waals surface area contributed by atoms with Crippen LogP contribution in [0.5, 0.6) is 5.75 Å². The zero-order valence-corrected chi connectivity index (χ0v) is 22.8. The molecule has 1 aliphatic carbocycles. The Bertz CT molecular complexity index is 1330. The number of methoxy groups -OCH3 is 1. The average molecular weight is 525 g/mol. The first-order valence-corrected chi connectivity index (χ1v) is 13.4. The van der Waals surface area contributed by atoms with Crippen molar-refractivity contribution in [3.63, 3.8) is 0 Å². The Morgan fingerprint density at radius 2 is 1.90 bits per heavy atom. The van der Waals surface area contributed by atoms with Gasteiger partial charge in [-0.1, -0.05) is 55.1 Å². The Balaban J connectivity index is 1.43. The van der Waals surface area contributed by atoms with Crippen molar-refractivity contribution in [1.29, 1.82) is 5.26 Å². The molecule has 0 aromatic heterocycles. The van der Waals surface area contributed by atoms with Crippen LogP contribution in [0.4, 0.5) is 0 Å². The summed E-state index contributed by atoms with van der Waals surface area (Å²) in [5.74, 6) is 0.660. The molecule has 0 spiro atoms. The van der Waals surface area contributed by atoms with Crippen LogP contribution in [0.1, 0.15) is 52.7 Å². The third-order valence-electron chi connectivity index (χ3n) is 7.66. The van der Waals surface area contributed by atoms with Crippen LogP contribution in [-0.2, 0) is 11.2 Å². The third kappa shape index (κ3) is 6.58. The fourth-order valence-corrected chi connectivity index (χ4v) is 5.30. The number of nitrogens with one attached hydrogen (secondary N) is 2. The second-order valence-electron chi connectivity index (χ2n) is 10.3. The van der Waals surface area contributed by atoms with Crippen LogP contribution in [0.25, 0.3) is 0 Å². The summed E-state index contributed by atoms with van der Waals surface area (Å²) >= 11 is 0. The van der Waals surface area contributed by atoms with Crippen molar-refractivity contribution < 1.29 is 14.3 Å². The molecule has 7 nitrogen and oxygen atoms in total. The number of aryl methyl sites for hydroxylation is 1. The second kappa shape index (κ2) is 12.5. The molecule has 0 bridgehead atoms. The van der Waals surface area contributed by atoms with Gasteiger partial charge in [-0.05, 0) is 67.9 Å². The molecular formula is C32H36N4O3. The van der Waals surface area contributed by atoms with Crippen LogP contribution in [0.15, 0.2) is 78.7 Å². The Labute approximate surface area is 230 Å². The van der Waals surface area contributed by atoms with Crippen LogP contribution in [0.2, 0.25) is 0 Å². The van der Waals surface area contributed by atoms with Gasteiger partial charge in [-0.25, -0.2) is 0 Å². The number of benzene rings is 2. The van der Waals surface area contributed by atoms with E-state index in [1.54, 1.807) is 19.1 Å². The Morgan fingerprint density at radius 3 is 2.54 bits per heavy atom. The zero-order chi connectivity index (χ0) is 27.8. The van der Waals surface area contributed by atoms with E-state index < -0.39 is 5.41 Å². The van der Waals surface area contributed by atoms with Gasteiger partial charge in [0.1, 0.15) is 17.6 Å². The Kier molecular flexibility index (Phi) is 8.88. The van der Waals surface area contributed by atoms with E-state index in [4.69, 9.17) is 4.74 Å². The van der Waals surface area contributed by atoms with Crippen LogP contribution >= 0.6 is 0 Å². The first-order chi connectivity index (χ1) is 18.8. The highest BCUT2D eigenvalue weighted by Crippen LogP contribution is 2.36.